The van der Waals surface area contributed by atoms with E-state index < -0.39 is 5.60 Å². The van der Waals surface area contributed by atoms with Crippen molar-refractivity contribution in [3.8, 4) is 0 Å². The second kappa shape index (κ2) is 6.43. The molecule has 0 aromatic carbocycles. The topological polar surface area (TPSA) is 64.7 Å². The van der Waals surface area contributed by atoms with Crippen molar-refractivity contribution < 1.29 is 14.6 Å². The van der Waals surface area contributed by atoms with E-state index in [2.05, 4.69) is 6.92 Å². The van der Waals surface area contributed by atoms with E-state index >= 15 is 0 Å². The molecule has 3 N–H and O–H groups in total. The number of hydrogen-bond donors (Lipinski definition) is 2. The van der Waals surface area contributed by atoms with Crippen LogP contribution < -0.4 is 5.73 Å². The maximum Gasteiger partial charge on any atom is 0.103 e. The molecular formula is C11H23NO3. The highest BCUT2D eigenvalue weighted by Gasteiger charge is 2.42. The summed E-state index contributed by atoms with van der Waals surface area (Å²) in [6.07, 6.45) is 3.17. The first-order valence-corrected chi connectivity index (χ1v) is 5.81. The average molecular weight is 217 g/mol. The molecule has 0 heterocycles. The minimum Gasteiger partial charge on any atom is -0.386 e. The molecule has 4 heteroatoms. The van der Waals surface area contributed by atoms with Gasteiger partial charge in [0, 0.05) is 13.2 Å². The highest BCUT2D eigenvalue weighted by Crippen LogP contribution is 2.39. The molecule has 0 bridgehead atoms. The van der Waals surface area contributed by atoms with Crippen LogP contribution in [0.25, 0.3) is 0 Å². The fraction of sp³-hybridized carbons (Fsp3) is 1.00. The summed E-state index contributed by atoms with van der Waals surface area (Å²) >= 11 is 0. The zero-order valence-corrected chi connectivity index (χ0v) is 9.58. The van der Waals surface area contributed by atoms with Crippen LogP contribution in [0.1, 0.15) is 26.2 Å². The zero-order chi connectivity index (χ0) is 11.1. The van der Waals surface area contributed by atoms with Gasteiger partial charge in [-0.2, -0.15) is 0 Å². The van der Waals surface area contributed by atoms with Crippen molar-refractivity contribution in [3.05, 3.63) is 0 Å². The fourth-order valence-electron chi connectivity index (χ4n) is 1.58. The number of hydrogen-bond acceptors (Lipinski definition) is 4. The van der Waals surface area contributed by atoms with Crippen LogP contribution in [-0.4, -0.2) is 43.7 Å². The predicted octanol–water partition coefficient (Wildman–Crippen LogP) is 0.529. The van der Waals surface area contributed by atoms with E-state index in [4.69, 9.17) is 15.2 Å². The maximum atomic E-state index is 10.1. The van der Waals surface area contributed by atoms with Gasteiger partial charge in [0.05, 0.1) is 19.8 Å². The molecular weight excluding hydrogens is 194 g/mol. The van der Waals surface area contributed by atoms with Gasteiger partial charge in [0.1, 0.15) is 5.60 Å². The second-order valence-electron chi connectivity index (χ2n) is 4.25. The molecule has 15 heavy (non-hydrogen) atoms. The van der Waals surface area contributed by atoms with Gasteiger partial charge in [0.2, 0.25) is 0 Å². The lowest BCUT2D eigenvalue weighted by atomic mass is 9.99. The standard InChI is InChI=1S/C11H23NO3/c1-2-5-14-6-7-15-9-11(13,8-12)10-3-4-10/h10,13H,2-9,12H2,1H3. The molecule has 1 aliphatic carbocycles. The summed E-state index contributed by atoms with van der Waals surface area (Å²) < 4.78 is 10.7. The van der Waals surface area contributed by atoms with Gasteiger partial charge in [-0.25, -0.2) is 0 Å². The van der Waals surface area contributed by atoms with E-state index in [1.807, 2.05) is 0 Å². The Bertz CT molecular complexity index is 173. The van der Waals surface area contributed by atoms with Crippen molar-refractivity contribution in [2.75, 3.05) is 33.0 Å². The molecule has 0 spiro atoms. The lowest BCUT2D eigenvalue weighted by Gasteiger charge is -2.26. The van der Waals surface area contributed by atoms with Crippen molar-refractivity contribution in [2.45, 2.75) is 31.8 Å². The van der Waals surface area contributed by atoms with E-state index in [-0.39, 0.29) is 6.54 Å². The molecule has 0 aromatic rings. The van der Waals surface area contributed by atoms with Crippen LogP contribution in [-0.2, 0) is 9.47 Å². The van der Waals surface area contributed by atoms with Gasteiger partial charge in [0.25, 0.3) is 0 Å². The Morgan fingerprint density at radius 3 is 2.47 bits per heavy atom. The number of nitrogens with two attached hydrogens (primary N) is 1. The summed E-state index contributed by atoms with van der Waals surface area (Å²) in [7, 11) is 0. The molecule has 1 atom stereocenters. The highest BCUT2D eigenvalue weighted by molar-refractivity contribution is 4.95. The third-order valence-electron chi connectivity index (χ3n) is 2.76. The summed E-state index contributed by atoms with van der Waals surface area (Å²) in [5.74, 6) is 0.346. The smallest absolute Gasteiger partial charge is 0.103 e. The first-order valence-electron chi connectivity index (χ1n) is 5.81. The highest BCUT2D eigenvalue weighted by atomic mass is 16.5. The van der Waals surface area contributed by atoms with Gasteiger partial charge < -0.3 is 20.3 Å². The minimum atomic E-state index is -0.801. The molecule has 1 saturated carbocycles. The van der Waals surface area contributed by atoms with E-state index in [1.165, 1.54) is 0 Å². The average Bonchev–Trinajstić information content (AvgIpc) is 3.07. The Morgan fingerprint density at radius 1 is 1.27 bits per heavy atom. The largest absolute Gasteiger partial charge is 0.386 e. The van der Waals surface area contributed by atoms with Crippen molar-refractivity contribution in [3.63, 3.8) is 0 Å². The molecule has 0 aromatic heterocycles. The van der Waals surface area contributed by atoms with Crippen LogP contribution in [0.4, 0.5) is 0 Å². The lowest BCUT2D eigenvalue weighted by Crippen LogP contribution is -2.44. The fourth-order valence-corrected chi connectivity index (χ4v) is 1.58. The first kappa shape index (κ1) is 12.9. The summed E-state index contributed by atoms with van der Waals surface area (Å²) in [5.41, 5.74) is 4.75. The monoisotopic (exact) mass is 217 g/mol. The van der Waals surface area contributed by atoms with E-state index in [0.717, 1.165) is 25.9 Å². The molecule has 0 radical (unpaired) electrons. The van der Waals surface area contributed by atoms with Gasteiger partial charge in [-0.1, -0.05) is 6.92 Å². The number of ether oxygens (including phenoxy) is 2. The summed E-state index contributed by atoms with van der Waals surface area (Å²) in [6, 6.07) is 0. The SMILES string of the molecule is CCCOCCOCC(O)(CN)C1CC1. The molecule has 0 saturated heterocycles. The quantitative estimate of drug-likeness (QED) is 0.553. The predicted molar refractivity (Wildman–Crippen MR) is 58.7 cm³/mol. The number of rotatable bonds is 9. The van der Waals surface area contributed by atoms with Gasteiger partial charge in [-0.15, -0.1) is 0 Å². The van der Waals surface area contributed by atoms with Gasteiger partial charge >= 0.3 is 0 Å². The van der Waals surface area contributed by atoms with Gasteiger partial charge in [-0.05, 0) is 25.2 Å². The molecule has 1 fully saturated rings. The molecule has 4 nitrogen and oxygen atoms in total. The maximum absolute atomic E-state index is 10.1. The molecule has 1 unspecified atom stereocenters. The summed E-state index contributed by atoms with van der Waals surface area (Å²) in [5, 5.41) is 10.1. The third kappa shape index (κ3) is 4.47. The molecule has 1 aliphatic rings. The zero-order valence-electron chi connectivity index (χ0n) is 9.58. The van der Waals surface area contributed by atoms with Crippen molar-refractivity contribution in [1.82, 2.24) is 0 Å². The first-order chi connectivity index (χ1) is 7.23. The van der Waals surface area contributed by atoms with Crippen LogP contribution in [0.2, 0.25) is 0 Å². The molecule has 0 amide bonds. The summed E-state index contributed by atoms with van der Waals surface area (Å²) in [4.78, 5) is 0. The van der Waals surface area contributed by atoms with Crippen LogP contribution in [0.15, 0.2) is 0 Å². The van der Waals surface area contributed by atoms with E-state index in [1.54, 1.807) is 0 Å². The normalized spacial score (nSPS) is 20.2. The Kier molecular flexibility index (Phi) is 5.53. The van der Waals surface area contributed by atoms with Crippen molar-refractivity contribution in [1.29, 1.82) is 0 Å². The second-order valence-corrected chi connectivity index (χ2v) is 4.25. The van der Waals surface area contributed by atoms with E-state index in [9.17, 15) is 5.11 Å². The Balaban J connectivity index is 2.02. The molecule has 1 rings (SSSR count). The van der Waals surface area contributed by atoms with Crippen LogP contribution >= 0.6 is 0 Å². The minimum absolute atomic E-state index is 0.285. The summed E-state index contributed by atoms with van der Waals surface area (Å²) in [6.45, 7) is 4.60. The molecule has 90 valence electrons. The Labute approximate surface area is 91.7 Å². The van der Waals surface area contributed by atoms with Crippen LogP contribution in [0, 0.1) is 5.92 Å². The molecule has 0 aliphatic heterocycles. The van der Waals surface area contributed by atoms with Crippen LogP contribution in [0.5, 0.6) is 0 Å². The van der Waals surface area contributed by atoms with Gasteiger partial charge in [0.15, 0.2) is 0 Å². The van der Waals surface area contributed by atoms with Gasteiger partial charge in [-0.3, -0.25) is 0 Å². The van der Waals surface area contributed by atoms with Crippen molar-refractivity contribution in [2.24, 2.45) is 11.7 Å². The Hall–Kier alpha value is -0.160. The Morgan fingerprint density at radius 2 is 1.93 bits per heavy atom. The lowest BCUT2D eigenvalue weighted by molar-refractivity contribution is -0.0654. The van der Waals surface area contributed by atoms with E-state index in [0.29, 0.717) is 25.7 Å². The van der Waals surface area contributed by atoms with Crippen molar-refractivity contribution >= 4 is 0 Å². The van der Waals surface area contributed by atoms with Crippen LogP contribution in [0.3, 0.4) is 0 Å². The number of aliphatic hydroxyl groups is 1. The third-order valence-corrected chi connectivity index (χ3v) is 2.76.